The Hall–Kier alpha value is -2.03. The third kappa shape index (κ3) is 3.87. The quantitative estimate of drug-likeness (QED) is 0.748. The Labute approximate surface area is 148 Å². The molecule has 26 heavy (non-hydrogen) atoms. The van der Waals surface area contributed by atoms with Crippen LogP contribution in [0.5, 0.6) is 0 Å². The van der Waals surface area contributed by atoms with E-state index in [-0.39, 0.29) is 17.3 Å². The van der Waals surface area contributed by atoms with Gasteiger partial charge in [-0.15, -0.1) is 0 Å². The van der Waals surface area contributed by atoms with E-state index in [1.807, 2.05) is 0 Å². The van der Waals surface area contributed by atoms with E-state index in [4.69, 9.17) is 11.6 Å². The van der Waals surface area contributed by atoms with Crippen molar-refractivity contribution in [2.24, 2.45) is 0 Å². The van der Waals surface area contributed by atoms with Gasteiger partial charge in [0.2, 0.25) is 0 Å². The van der Waals surface area contributed by atoms with Crippen LogP contribution < -0.4 is 5.56 Å². The maximum atomic E-state index is 13.3. The first-order valence-electron chi connectivity index (χ1n) is 7.52. The van der Waals surface area contributed by atoms with Gasteiger partial charge in [-0.05, 0) is 30.5 Å². The average Bonchev–Trinajstić information content (AvgIpc) is 3.31. The number of nitrogens with one attached hydrogen (secondary N) is 1. The highest BCUT2D eigenvalue weighted by Gasteiger charge is 2.39. The van der Waals surface area contributed by atoms with Crippen LogP contribution in [0.4, 0.5) is 26.3 Å². The molecular formula is C16H11ClF6N2O. The van der Waals surface area contributed by atoms with E-state index in [0.29, 0.717) is 18.9 Å². The molecular weight excluding hydrogens is 386 g/mol. The highest BCUT2D eigenvalue weighted by Crippen LogP contribution is 2.39. The minimum absolute atomic E-state index is 0.0171. The molecule has 0 atom stereocenters. The van der Waals surface area contributed by atoms with E-state index in [2.05, 4.69) is 9.97 Å². The number of rotatable bonds is 3. The van der Waals surface area contributed by atoms with Gasteiger partial charge < -0.3 is 4.98 Å². The lowest BCUT2D eigenvalue weighted by molar-refractivity contribution is -0.142. The van der Waals surface area contributed by atoms with Crippen LogP contribution in [-0.4, -0.2) is 9.97 Å². The summed E-state index contributed by atoms with van der Waals surface area (Å²) in [6.45, 7) is 0. The van der Waals surface area contributed by atoms with Crippen LogP contribution in [0.2, 0.25) is 5.02 Å². The molecule has 2 aromatic rings. The van der Waals surface area contributed by atoms with Crippen molar-refractivity contribution in [3.63, 3.8) is 0 Å². The lowest BCUT2D eigenvalue weighted by atomic mass is 10.0. The molecule has 10 heteroatoms. The predicted molar refractivity (Wildman–Crippen MR) is 81.1 cm³/mol. The first kappa shape index (κ1) is 18.8. The van der Waals surface area contributed by atoms with E-state index in [1.165, 1.54) is 0 Å². The number of aromatic nitrogens is 2. The fourth-order valence-electron chi connectivity index (χ4n) is 2.57. The molecule has 1 saturated carbocycles. The molecule has 0 aliphatic heterocycles. The van der Waals surface area contributed by atoms with Gasteiger partial charge in [-0.3, -0.25) is 4.79 Å². The number of alkyl halides is 6. The largest absolute Gasteiger partial charge is 0.433 e. The van der Waals surface area contributed by atoms with Crippen molar-refractivity contribution in [1.82, 2.24) is 9.97 Å². The number of benzene rings is 1. The van der Waals surface area contributed by atoms with E-state index in [9.17, 15) is 31.1 Å². The molecule has 0 unspecified atom stereocenters. The second kappa shape index (κ2) is 6.29. The van der Waals surface area contributed by atoms with Gasteiger partial charge in [0.05, 0.1) is 16.1 Å². The van der Waals surface area contributed by atoms with Gasteiger partial charge in [0, 0.05) is 12.3 Å². The van der Waals surface area contributed by atoms with Gasteiger partial charge in [0.1, 0.15) is 5.82 Å². The van der Waals surface area contributed by atoms with Crippen LogP contribution in [0.3, 0.4) is 0 Å². The molecule has 3 rings (SSSR count). The third-order valence-corrected chi connectivity index (χ3v) is 4.30. The number of H-pyrrole nitrogens is 1. The molecule has 140 valence electrons. The van der Waals surface area contributed by atoms with Gasteiger partial charge >= 0.3 is 12.4 Å². The molecule has 1 aromatic heterocycles. The maximum Gasteiger partial charge on any atom is 0.433 e. The van der Waals surface area contributed by atoms with Crippen LogP contribution >= 0.6 is 11.6 Å². The standard InChI is InChI=1S/C16H11ClF6N2O/c17-11-6-7(1-4-10(11)15(18,19)20)5-9-12(16(21,22)23)24-13(8-2-3-8)25-14(9)26/h1,4,6,8H,2-3,5H2,(H,24,25,26). The van der Waals surface area contributed by atoms with E-state index in [0.717, 1.165) is 12.1 Å². The van der Waals surface area contributed by atoms with Crippen molar-refractivity contribution >= 4 is 11.6 Å². The van der Waals surface area contributed by atoms with Crippen LogP contribution in [0, 0.1) is 0 Å². The van der Waals surface area contributed by atoms with Crippen molar-refractivity contribution < 1.29 is 26.3 Å². The summed E-state index contributed by atoms with van der Waals surface area (Å²) in [5.41, 5.74) is -3.99. The fourth-order valence-corrected chi connectivity index (χ4v) is 2.88. The van der Waals surface area contributed by atoms with Crippen molar-refractivity contribution in [2.45, 2.75) is 37.5 Å². The molecule has 0 saturated heterocycles. The number of hydrogen-bond acceptors (Lipinski definition) is 2. The number of halogens is 7. The third-order valence-electron chi connectivity index (χ3n) is 3.99. The Bertz CT molecular complexity index is 899. The van der Waals surface area contributed by atoms with Crippen molar-refractivity contribution in [3.05, 3.63) is 61.8 Å². The van der Waals surface area contributed by atoms with Crippen LogP contribution in [-0.2, 0) is 18.8 Å². The smallest absolute Gasteiger partial charge is 0.310 e. The lowest BCUT2D eigenvalue weighted by Crippen LogP contribution is -2.25. The summed E-state index contributed by atoms with van der Waals surface area (Å²) in [5.74, 6) is -0.213. The van der Waals surface area contributed by atoms with Crippen LogP contribution in [0.15, 0.2) is 23.0 Å². The van der Waals surface area contributed by atoms with Crippen LogP contribution in [0.1, 0.15) is 47.0 Å². The summed E-state index contributed by atoms with van der Waals surface area (Å²) < 4.78 is 78.1. The summed E-state index contributed by atoms with van der Waals surface area (Å²) in [6, 6.07) is 2.56. The molecule has 1 aromatic carbocycles. The highest BCUT2D eigenvalue weighted by molar-refractivity contribution is 6.31. The molecule has 1 aliphatic carbocycles. The Kier molecular flexibility index (Phi) is 4.54. The molecule has 3 nitrogen and oxygen atoms in total. The monoisotopic (exact) mass is 396 g/mol. The van der Waals surface area contributed by atoms with Gasteiger partial charge in [-0.2, -0.15) is 26.3 Å². The predicted octanol–water partition coefficient (Wildman–Crippen LogP) is 4.93. The molecule has 1 heterocycles. The minimum Gasteiger partial charge on any atom is -0.310 e. The number of nitrogens with zero attached hydrogens (tertiary/aromatic N) is 1. The Balaban J connectivity index is 2.02. The van der Waals surface area contributed by atoms with E-state index >= 15 is 0 Å². The van der Waals surface area contributed by atoms with Gasteiger partial charge in [-0.25, -0.2) is 4.98 Å². The van der Waals surface area contributed by atoms with Crippen molar-refractivity contribution in [1.29, 1.82) is 0 Å². The molecule has 0 spiro atoms. The summed E-state index contributed by atoms with van der Waals surface area (Å²) >= 11 is 5.58. The normalized spacial score (nSPS) is 15.3. The highest BCUT2D eigenvalue weighted by atomic mass is 35.5. The average molecular weight is 397 g/mol. The number of aromatic amines is 1. The second-order valence-corrected chi connectivity index (χ2v) is 6.45. The molecule has 1 N–H and O–H groups in total. The Morgan fingerprint density at radius 2 is 1.77 bits per heavy atom. The zero-order valence-electron chi connectivity index (χ0n) is 12.9. The van der Waals surface area contributed by atoms with Gasteiger partial charge in [-0.1, -0.05) is 17.7 Å². The molecule has 1 fully saturated rings. The first-order valence-corrected chi connectivity index (χ1v) is 7.90. The minimum atomic E-state index is -4.86. The maximum absolute atomic E-state index is 13.3. The van der Waals surface area contributed by atoms with Gasteiger partial charge in [0.25, 0.3) is 5.56 Å². The number of hydrogen-bond donors (Lipinski definition) is 1. The lowest BCUT2D eigenvalue weighted by Gasteiger charge is -2.14. The summed E-state index contributed by atoms with van der Waals surface area (Å²) in [7, 11) is 0. The molecule has 0 amide bonds. The zero-order valence-corrected chi connectivity index (χ0v) is 13.7. The SMILES string of the molecule is O=c1[nH]c(C2CC2)nc(C(F)(F)F)c1Cc1ccc(C(F)(F)F)c(Cl)c1. The fraction of sp³-hybridized carbons (Fsp3) is 0.375. The zero-order chi connectivity index (χ0) is 19.3. The summed E-state index contributed by atoms with van der Waals surface area (Å²) in [4.78, 5) is 18.0. The summed E-state index contributed by atoms with van der Waals surface area (Å²) in [5, 5.41) is -0.650. The van der Waals surface area contributed by atoms with Crippen LogP contribution in [0.25, 0.3) is 0 Å². The first-order chi connectivity index (χ1) is 12.0. The van der Waals surface area contributed by atoms with E-state index < -0.39 is 46.2 Å². The second-order valence-electron chi connectivity index (χ2n) is 6.04. The Morgan fingerprint density at radius 1 is 1.12 bits per heavy atom. The molecule has 0 bridgehead atoms. The van der Waals surface area contributed by atoms with Crippen molar-refractivity contribution in [3.8, 4) is 0 Å². The topological polar surface area (TPSA) is 45.8 Å². The van der Waals surface area contributed by atoms with Crippen molar-refractivity contribution in [2.75, 3.05) is 0 Å². The molecule has 1 aliphatic rings. The van der Waals surface area contributed by atoms with E-state index in [1.54, 1.807) is 0 Å². The Morgan fingerprint density at radius 3 is 2.27 bits per heavy atom. The van der Waals surface area contributed by atoms with Gasteiger partial charge in [0.15, 0.2) is 5.69 Å². The summed E-state index contributed by atoms with van der Waals surface area (Å²) in [6.07, 6.45) is -8.79. The molecule has 0 radical (unpaired) electrons.